The molecule has 94 valence electrons. The Kier molecular flexibility index (Phi) is 5.01. The Hall–Kier alpha value is -0.380. The molecule has 1 aliphatic rings. The lowest BCUT2D eigenvalue weighted by atomic mass is 10.2. The third-order valence-electron chi connectivity index (χ3n) is 3.35. The summed E-state index contributed by atoms with van der Waals surface area (Å²) in [5, 5.41) is 3.61. The predicted octanol–water partition coefficient (Wildman–Crippen LogP) is 3.02. The summed E-state index contributed by atoms with van der Waals surface area (Å²) in [6, 6.07) is 9.29. The molecule has 3 heteroatoms. The normalized spacial score (nSPS) is 22.4. The van der Waals surface area contributed by atoms with Crippen molar-refractivity contribution in [3.05, 3.63) is 34.3 Å². The lowest BCUT2D eigenvalue weighted by molar-refractivity contribution is 0.257. The van der Waals surface area contributed by atoms with Gasteiger partial charge in [-0.15, -0.1) is 0 Å². The van der Waals surface area contributed by atoms with Crippen LogP contribution in [0.5, 0.6) is 0 Å². The van der Waals surface area contributed by atoms with Crippen molar-refractivity contribution in [3.8, 4) is 0 Å². The van der Waals surface area contributed by atoms with Crippen LogP contribution in [0.1, 0.15) is 25.3 Å². The molecule has 1 aliphatic heterocycles. The average molecular weight is 297 g/mol. The molecular formula is C14H21BrN2. The highest BCUT2D eigenvalue weighted by molar-refractivity contribution is 9.10. The van der Waals surface area contributed by atoms with Crippen LogP contribution in [0.4, 0.5) is 0 Å². The number of hydrogen-bond donors (Lipinski definition) is 1. The molecule has 2 nitrogen and oxygen atoms in total. The SMILES string of the molecule is CCC1CN(Cc2cccc(Br)c2)CCCN1. The number of nitrogens with one attached hydrogen (secondary N) is 1. The smallest absolute Gasteiger partial charge is 0.0234 e. The first-order valence-electron chi connectivity index (χ1n) is 6.48. The first-order valence-corrected chi connectivity index (χ1v) is 7.27. The van der Waals surface area contributed by atoms with Gasteiger partial charge < -0.3 is 5.32 Å². The fourth-order valence-electron chi connectivity index (χ4n) is 2.39. The predicted molar refractivity (Wildman–Crippen MR) is 76.1 cm³/mol. The molecule has 0 amide bonds. The second kappa shape index (κ2) is 6.53. The minimum absolute atomic E-state index is 0.657. The Bertz CT molecular complexity index is 354. The van der Waals surface area contributed by atoms with Crippen LogP contribution < -0.4 is 5.32 Å². The molecule has 1 N–H and O–H groups in total. The van der Waals surface area contributed by atoms with Gasteiger partial charge >= 0.3 is 0 Å². The van der Waals surface area contributed by atoms with Gasteiger partial charge in [-0.25, -0.2) is 0 Å². The van der Waals surface area contributed by atoms with Crippen LogP contribution in [0, 0.1) is 0 Å². The van der Waals surface area contributed by atoms with E-state index in [1.807, 2.05) is 0 Å². The average Bonchev–Trinajstić information content (AvgIpc) is 2.54. The quantitative estimate of drug-likeness (QED) is 0.922. The molecule has 1 fully saturated rings. The van der Waals surface area contributed by atoms with Crippen LogP contribution >= 0.6 is 15.9 Å². The van der Waals surface area contributed by atoms with Gasteiger partial charge in [-0.05, 0) is 43.6 Å². The van der Waals surface area contributed by atoms with Crippen LogP contribution in [0.2, 0.25) is 0 Å². The Balaban J connectivity index is 1.97. The molecule has 0 spiro atoms. The van der Waals surface area contributed by atoms with Crippen molar-refractivity contribution in [2.45, 2.75) is 32.4 Å². The number of rotatable bonds is 3. The maximum absolute atomic E-state index is 3.61. The molecule has 1 aromatic rings. The molecule has 17 heavy (non-hydrogen) atoms. The van der Waals surface area contributed by atoms with Gasteiger partial charge in [0, 0.05) is 23.6 Å². The van der Waals surface area contributed by atoms with Crippen molar-refractivity contribution < 1.29 is 0 Å². The molecular weight excluding hydrogens is 276 g/mol. The van der Waals surface area contributed by atoms with Gasteiger partial charge in [0.25, 0.3) is 0 Å². The topological polar surface area (TPSA) is 15.3 Å². The third kappa shape index (κ3) is 4.09. The first kappa shape index (κ1) is 13.1. The Labute approximate surface area is 113 Å². The van der Waals surface area contributed by atoms with E-state index in [0.717, 1.165) is 13.1 Å². The summed E-state index contributed by atoms with van der Waals surface area (Å²) in [5.41, 5.74) is 1.40. The monoisotopic (exact) mass is 296 g/mol. The summed E-state index contributed by atoms with van der Waals surface area (Å²) >= 11 is 3.54. The van der Waals surface area contributed by atoms with Gasteiger partial charge in [-0.1, -0.05) is 35.0 Å². The number of benzene rings is 1. The van der Waals surface area contributed by atoms with Crippen molar-refractivity contribution in [2.75, 3.05) is 19.6 Å². The minimum Gasteiger partial charge on any atom is -0.313 e. The summed E-state index contributed by atoms with van der Waals surface area (Å²) in [6.07, 6.45) is 2.47. The van der Waals surface area contributed by atoms with Gasteiger partial charge in [0.15, 0.2) is 0 Å². The third-order valence-corrected chi connectivity index (χ3v) is 3.84. The van der Waals surface area contributed by atoms with Crippen molar-refractivity contribution in [3.63, 3.8) is 0 Å². The largest absolute Gasteiger partial charge is 0.313 e. The Morgan fingerprint density at radius 3 is 3.12 bits per heavy atom. The van der Waals surface area contributed by atoms with Crippen molar-refractivity contribution in [1.82, 2.24) is 10.2 Å². The molecule has 1 aromatic carbocycles. The summed E-state index contributed by atoms with van der Waals surface area (Å²) in [7, 11) is 0. The molecule has 0 bridgehead atoms. The maximum atomic E-state index is 3.61. The van der Waals surface area contributed by atoms with E-state index in [9.17, 15) is 0 Å². The lowest BCUT2D eigenvalue weighted by Gasteiger charge is -2.23. The second-order valence-corrected chi connectivity index (χ2v) is 5.69. The van der Waals surface area contributed by atoms with E-state index in [-0.39, 0.29) is 0 Å². The van der Waals surface area contributed by atoms with E-state index in [1.165, 1.54) is 36.0 Å². The fraction of sp³-hybridized carbons (Fsp3) is 0.571. The fourth-order valence-corrected chi connectivity index (χ4v) is 2.83. The van der Waals surface area contributed by atoms with Gasteiger partial charge in [0.2, 0.25) is 0 Å². The molecule has 0 aromatic heterocycles. The van der Waals surface area contributed by atoms with E-state index < -0.39 is 0 Å². The molecule has 0 radical (unpaired) electrons. The molecule has 1 heterocycles. The number of nitrogens with zero attached hydrogens (tertiary/aromatic N) is 1. The standard InChI is InChI=1S/C14H21BrN2/c1-2-14-11-17(8-4-7-16-14)10-12-5-3-6-13(15)9-12/h3,5-6,9,14,16H,2,4,7-8,10-11H2,1H3. The van der Waals surface area contributed by atoms with Crippen LogP contribution in [-0.4, -0.2) is 30.6 Å². The van der Waals surface area contributed by atoms with Crippen molar-refractivity contribution in [2.24, 2.45) is 0 Å². The summed E-state index contributed by atoms with van der Waals surface area (Å²) in [4.78, 5) is 2.57. The summed E-state index contributed by atoms with van der Waals surface area (Å²) in [5.74, 6) is 0. The minimum atomic E-state index is 0.657. The van der Waals surface area contributed by atoms with E-state index in [1.54, 1.807) is 0 Å². The van der Waals surface area contributed by atoms with Gasteiger partial charge in [-0.2, -0.15) is 0 Å². The summed E-state index contributed by atoms with van der Waals surface area (Å²) < 4.78 is 1.18. The van der Waals surface area contributed by atoms with Crippen molar-refractivity contribution in [1.29, 1.82) is 0 Å². The summed E-state index contributed by atoms with van der Waals surface area (Å²) in [6.45, 7) is 6.87. The molecule has 1 atom stereocenters. The van der Waals surface area contributed by atoms with Crippen LogP contribution in [0.3, 0.4) is 0 Å². The maximum Gasteiger partial charge on any atom is 0.0234 e. The highest BCUT2D eigenvalue weighted by atomic mass is 79.9. The molecule has 2 rings (SSSR count). The van der Waals surface area contributed by atoms with Gasteiger partial charge in [0.05, 0.1) is 0 Å². The van der Waals surface area contributed by atoms with E-state index in [4.69, 9.17) is 0 Å². The zero-order valence-corrected chi connectivity index (χ0v) is 12.0. The Morgan fingerprint density at radius 1 is 1.47 bits per heavy atom. The second-order valence-electron chi connectivity index (χ2n) is 4.78. The van der Waals surface area contributed by atoms with E-state index in [2.05, 4.69) is 57.3 Å². The highest BCUT2D eigenvalue weighted by Crippen LogP contribution is 2.14. The van der Waals surface area contributed by atoms with Crippen LogP contribution in [-0.2, 0) is 6.54 Å². The number of halogens is 1. The molecule has 1 saturated heterocycles. The Morgan fingerprint density at radius 2 is 2.35 bits per heavy atom. The van der Waals surface area contributed by atoms with Gasteiger partial charge in [0.1, 0.15) is 0 Å². The van der Waals surface area contributed by atoms with Crippen molar-refractivity contribution >= 4 is 15.9 Å². The van der Waals surface area contributed by atoms with Crippen LogP contribution in [0.15, 0.2) is 28.7 Å². The lowest BCUT2D eigenvalue weighted by Crippen LogP contribution is -2.36. The zero-order valence-electron chi connectivity index (χ0n) is 10.5. The zero-order chi connectivity index (χ0) is 12.1. The molecule has 0 saturated carbocycles. The first-order chi connectivity index (χ1) is 8.28. The van der Waals surface area contributed by atoms with Gasteiger partial charge in [-0.3, -0.25) is 4.90 Å². The van der Waals surface area contributed by atoms with E-state index in [0.29, 0.717) is 6.04 Å². The molecule has 0 aliphatic carbocycles. The number of hydrogen-bond acceptors (Lipinski definition) is 2. The van der Waals surface area contributed by atoms with Crippen LogP contribution in [0.25, 0.3) is 0 Å². The molecule has 1 unspecified atom stereocenters. The van der Waals surface area contributed by atoms with E-state index >= 15 is 0 Å². The highest BCUT2D eigenvalue weighted by Gasteiger charge is 2.16.